The van der Waals surface area contributed by atoms with Crippen molar-refractivity contribution < 1.29 is 4.79 Å². The number of carbonyl (C=O) groups excluding carboxylic acids is 1. The number of aromatic nitrogens is 4. The van der Waals surface area contributed by atoms with Crippen LogP contribution in [0.2, 0.25) is 0 Å². The van der Waals surface area contributed by atoms with Crippen LogP contribution in [0.3, 0.4) is 0 Å². The molecule has 7 heteroatoms. The first-order valence-electron chi connectivity index (χ1n) is 6.41. The van der Waals surface area contributed by atoms with Gasteiger partial charge in [-0.2, -0.15) is 10.2 Å². The number of hydrogen-bond donors (Lipinski definition) is 1. The Bertz CT molecular complexity index is 597. The Hall–Kier alpha value is -1.38. The van der Waals surface area contributed by atoms with Crippen LogP contribution in [0.5, 0.6) is 0 Å². The zero-order chi connectivity index (χ0) is 14.7. The highest BCUT2D eigenvalue weighted by atomic mass is 127. The van der Waals surface area contributed by atoms with E-state index in [4.69, 9.17) is 0 Å². The van der Waals surface area contributed by atoms with Crippen molar-refractivity contribution in [1.82, 2.24) is 24.9 Å². The zero-order valence-corrected chi connectivity index (χ0v) is 14.0. The van der Waals surface area contributed by atoms with Crippen molar-refractivity contribution in [3.63, 3.8) is 0 Å². The van der Waals surface area contributed by atoms with Crippen LogP contribution in [0.15, 0.2) is 12.4 Å². The lowest BCUT2D eigenvalue weighted by atomic mass is 10.2. The van der Waals surface area contributed by atoms with Gasteiger partial charge < -0.3 is 5.32 Å². The van der Waals surface area contributed by atoms with Gasteiger partial charge in [0.15, 0.2) is 0 Å². The molecule has 1 amide bonds. The molecule has 2 aromatic heterocycles. The third-order valence-corrected chi connectivity index (χ3v) is 4.33. The van der Waals surface area contributed by atoms with Crippen molar-refractivity contribution in [1.29, 1.82) is 0 Å². The summed E-state index contributed by atoms with van der Waals surface area (Å²) in [6.45, 7) is 5.07. The maximum Gasteiger partial charge on any atom is 0.222 e. The first-order chi connectivity index (χ1) is 9.47. The Morgan fingerprint density at radius 2 is 2.20 bits per heavy atom. The molecule has 0 fully saturated rings. The topological polar surface area (TPSA) is 64.7 Å². The van der Waals surface area contributed by atoms with E-state index < -0.39 is 0 Å². The number of amides is 1. The van der Waals surface area contributed by atoms with Gasteiger partial charge in [-0.15, -0.1) is 0 Å². The molecule has 0 bridgehead atoms. The second kappa shape index (κ2) is 6.38. The predicted molar refractivity (Wildman–Crippen MR) is 84.1 cm³/mol. The summed E-state index contributed by atoms with van der Waals surface area (Å²) >= 11 is 2.24. The maximum absolute atomic E-state index is 11.8. The van der Waals surface area contributed by atoms with Gasteiger partial charge in [0.2, 0.25) is 5.91 Å². The number of nitrogens with one attached hydrogen (secondary N) is 1. The molecule has 2 heterocycles. The fourth-order valence-corrected chi connectivity index (χ4v) is 2.25. The Kier molecular flexibility index (Phi) is 4.79. The third-order valence-electron chi connectivity index (χ3n) is 3.27. The third kappa shape index (κ3) is 3.59. The smallest absolute Gasteiger partial charge is 0.222 e. The van der Waals surface area contributed by atoms with Crippen molar-refractivity contribution in [3.05, 3.63) is 32.9 Å². The Labute approximate surface area is 131 Å². The number of carbonyl (C=O) groups is 1. The van der Waals surface area contributed by atoms with Crippen LogP contribution < -0.4 is 5.32 Å². The van der Waals surface area contributed by atoms with E-state index in [1.807, 2.05) is 31.8 Å². The molecule has 0 saturated heterocycles. The lowest BCUT2D eigenvalue weighted by molar-refractivity contribution is -0.121. The van der Waals surface area contributed by atoms with Crippen molar-refractivity contribution in [2.45, 2.75) is 33.4 Å². The van der Waals surface area contributed by atoms with Gasteiger partial charge >= 0.3 is 0 Å². The monoisotopic (exact) mass is 387 g/mol. The van der Waals surface area contributed by atoms with Crippen LogP contribution in [0, 0.1) is 17.4 Å². The predicted octanol–water partition coefficient (Wildman–Crippen LogP) is 1.54. The Morgan fingerprint density at radius 1 is 1.45 bits per heavy atom. The van der Waals surface area contributed by atoms with Crippen molar-refractivity contribution in [2.75, 3.05) is 0 Å². The molecule has 0 aliphatic heterocycles. The molecule has 0 atom stereocenters. The van der Waals surface area contributed by atoms with Crippen LogP contribution >= 0.6 is 22.6 Å². The minimum absolute atomic E-state index is 0.0245. The first-order valence-corrected chi connectivity index (χ1v) is 7.49. The highest BCUT2D eigenvalue weighted by molar-refractivity contribution is 14.1. The summed E-state index contributed by atoms with van der Waals surface area (Å²) in [6.07, 6.45) is 4.17. The highest BCUT2D eigenvalue weighted by Gasteiger charge is 2.07. The number of halogens is 1. The largest absolute Gasteiger partial charge is 0.352 e. The van der Waals surface area contributed by atoms with E-state index in [9.17, 15) is 4.79 Å². The normalized spacial score (nSPS) is 10.8. The van der Waals surface area contributed by atoms with Gasteiger partial charge in [-0.3, -0.25) is 14.2 Å². The van der Waals surface area contributed by atoms with E-state index in [1.54, 1.807) is 10.9 Å². The number of nitrogens with zero attached hydrogens (tertiary/aromatic N) is 4. The van der Waals surface area contributed by atoms with Gasteiger partial charge in [0.05, 0.1) is 15.5 Å². The molecule has 0 saturated carbocycles. The molecule has 20 heavy (non-hydrogen) atoms. The second-order valence-corrected chi connectivity index (χ2v) is 5.89. The minimum Gasteiger partial charge on any atom is -0.352 e. The number of rotatable bonds is 5. The van der Waals surface area contributed by atoms with Gasteiger partial charge in [-0.25, -0.2) is 0 Å². The first kappa shape index (κ1) is 15.0. The van der Waals surface area contributed by atoms with Gasteiger partial charge in [-0.05, 0) is 36.4 Å². The SMILES string of the molecule is Cc1nn(CCC(=O)NCc2cnn(C)c2C)cc1I. The van der Waals surface area contributed by atoms with E-state index in [-0.39, 0.29) is 5.91 Å². The molecule has 0 radical (unpaired) electrons. The van der Waals surface area contributed by atoms with E-state index in [0.29, 0.717) is 19.5 Å². The quantitative estimate of drug-likeness (QED) is 0.792. The lowest BCUT2D eigenvalue weighted by Gasteiger charge is -2.05. The summed E-state index contributed by atoms with van der Waals surface area (Å²) in [6, 6.07) is 0. The Morgan fingerprint density at radius 3 is 2.75 bits per heavy atom. The summed E-state index contributed by atoms with van der Waals surface area (Å²) in [5, 5.41) is 11.4. The molecule has 6 nitrogen and oxygen atoms in total. The van der Waals surface area contributed by atoms with Crippen molar-refractivity contribution in [2.24, 2.45) is 7.05 Å². The summed E-state index contributed by atoms with van der Waals surface area (Å²) in [5.41, 5.74) is 3.12. The highest BCUT2D eigenvalue weighted by Crippen LogP contribution is 2.09. The standard InChI is InChI=1S/C13H18IN5O/c1-9-12(14)8-19(17-9)5-4-13(20)15-6-11-7-16-18(3)10(11)2/h7-8H,4-6H2,1-3H3,(H,15,20). The van der Waals surface area contributed by atoms with Gasteiger partial charge in [0.25, 0.3) is 0 Å². The molecule has 0 spiro atoms. The van der Waals surface area contributed by atoms with Crippen molar-refractivity contribution >= 4 is 28.5 Å². The molecule has 0 aromatic carbocycles. The van der Waals surface area contributed by atoms with E-state index in [2.05, 4.69) is 38.1 Å². The molecule has 2 aromatic rings. The Balaban J connectivity index is 1.80. The molecule has 0 aliphatic carbocycles. The average Bonchev–Trinajstić information content (AvgIpc) is 2.90. The second-order valence-electron chi connectivity index (χ2n) is 4.73. The number of hydrogen-bond acceptors (Lipinski definition) is 3. The number of aryl methyl sites for hydroxylation is 3. The summed E-state index contributed by atoms with van der Waals surface area (Å²) in [7, 11) is 1.89. The fraction of sp³-hybridized carbons (Fsp3) is 0.462. The van der Waals surface area contributed by atoms with Gasteiger partial charge in [-0.1, -0.05) is 0 Å². The molecule has 0 aliphatic rings. The summed E-state index contributed by atoms with van der Waals surface area (Å²) in [5.74, 6) is 0.0245. The maximum atomic E-state index is 11.8. The molecular formula is C13H18IN5O. The van der Waals surface area contributed by atoms with E-state index >= 15 is 0 Å². The van der Waals surface area contributed by atoms with Crippen LogP contribution in [-0.4, -0.2) is 25.5 Å². The lowest BCUT2D eigenvalue weighted by Crippen LogP contribution is -2.24. The molecule has 108 valence electrons. The minimum atomic E-state index is 0.0245. The van der Waals surface area contributed by atoms with E-state index in [1.165, 1.54) is 0 Å². The van der Waals surface area contributed by atoms with Crippen LogP contribution in [-0.2, 0) is 24.9 Å². The van der Waals surface area contributed by atoms with E-state index in [0.717, 1.165) is 20.5 Å². The van der Waals surface area contributed by atoms with Crippen molar-refractivity contribution in [3.8, 4) is 0 Å². The molecule has 1 N–H and O–H groups in total. The summed E-state index contributed by atoms with van der Waals surface area (Å²) in [4.78, 5) is 11.8. The molecular weight excluding hydrogens is 369 g/mol. The molecule has 2 rings (SSSR count). The summed E-state index contributed by atoms with van der Waals surface area (Å²) < 4.78 is 4.73. The van der Waals surface area contributed by atoms with Gasteiger partial charge in [0, 0.05) is 44.0 Å². The molecule has 0 unspecified atom stereocenters. The van der Waals surface area contributed by atoms with Crippen LogP contribution in [0.1, 0.15) is 23.4 Å². The fourth-order valence-electron chi connectivity index (χ4n) is 1.82. The van der Waals surface area contributed by atoms with Crippen LogP contribution in [0.25, 0.3) is 0 Å². The van der Waals surface area contributed by atoms with Crippen LogP contribution in [0.4, 0.5) is 0 Å². The zero-order valence-electron chi connectivity index (χ0n) is 11.9. The average molecular weight is 387 g/mol. The van der Waals surface area contributed by atoms with Gasteiger partial charge in [0.1, 0.15) is 0 Å².